The van der Waals surface area contributed by atoms with Crippen molar-refractivity contribution in [1.29, 1.82) is 0 Å². The maximum atomic E-state index is 5.94. The normalized spacial score (nSPS) is 12.8. The molecule has 4 rings (SSSR count). The first-order valence-corrected chi connectivity index (χ1v) is 7.18. The molecule has 1 aliphatic rings. The van der Waals surface area contributed by atoms with Crippen LogP contribution in [0.15, 0.2) is 42.5 Å². The van der Waals surface area contributed by atoms with E-state index in [0.29, 0.717) is 0 Å². The lowest BCUT2D eigenvalue weighted by atomic mass is 10.00. The highest BCUT2D eigenvalue weighted by Crippen LogP contribution is 2.33. The van der Waals surface area contributed by atoms with Gasteiger partial charge >= 0.3 is 0 Å². The molecule has 5 heteroatoms. The lowest BCUT2D eigenvalue weighted by Gasteiger charge is -2.19. The van der Waals surface area contributed by atoms with E-state index in [9.17, 15) is 0 Å². The SMILES string of the molecule is Nc1ccc2c(c1)-c1nnc(-c3ccc(Cl)cc3)n1CC2. The molecule has 0 aliphatic carbocycles. The number of aryl methyl sites for hydroxylation is 1. The van der Waals surface area contributed by atoms with Crippen LogP contribution in [0.2, 0.25) is 5.02 Å². The number of aromatic nitrogens is 3. The summed E-state index contributed by atoms with van der Waals surface area (Å²) in [7, 11) is 0. The van der Waals surface area contributed by atoms with E-state index in [4.69, 9.17) is 17.3 Å². The van der Waals surface area contributed by atoms with E-state index < -0.39 is 0 Å². The van der Waals surface area contributed by atoms with Crippen LogP contribution in [0.1, 0.15) is 5.56 Å². The van der Waals surface area contributed by atoms with Gasteiger partial charge in [0.1, 0.15) is 0 Å². The van der Waals surface area contributed by atoms with Gasteiger partial charge in [-0.1, -0.05) is 17.7 Å². The quantitative estimate of drug-likeness (QED) is 0.700. The fourth-order valence-corrected chi connectivity index (χ4v) is 2.91. The zero-order chi connectivity index (χ0) is 14.4. The summed E-state index contributed by atoms with van der Waals surface area (Å²) < 4.78 is 2.14. The Kier molecular flexibility index (Phi) is 2.72. The van der Waals surface area contributed by atoms with Crippen molar-refractivity contribution < 1.29 is 0 Å². The zero-order valence-electron chi connectivity index (χ0n) is 11.3. The number of benzene rings is 2. The van der Waals surface area contributed by atoms with Gasteiger partial charge in [-0.25, -0.2) is 0 Å². The van der Waals surface area contributed by atoms with Gasteiger partial charge in [0.2, 0.25) is 0 Å². The van der Waals surface area contributed by atoms with Crippen molar-refractivity contribution in [3.63, 3.8) is 0 Å². The predicted molar refractivity (Wildman–Crippen MR) is 84.0 cm³/mol. The minimum Gasteiger partial charge on any atom is -0.399 e. The highest BCUT2D eigenvalue weighted by atomic mass is 35.5. The number of fused-ring (bicyclic) bond motifs is 3. The van der Waals surface area contributed by atoms with Crippen LogP contribution in [0, 0.1) is 0 Å². The van der Waals surface area contributed by atoms with Crippen molar-refractivity contribution in [2.45, 2.75) is 13.0 Å². The Labute approximate surface area is 127 Å². The molecule has 0 unspecified atom stereocenters. The van der Waals surface area contributed by atoms with Gasteiger partial charge in [-0.2, -0.15) is 0 Å². The van der Waals surface area contributed by atoms with Gasteiger partial charge in [-0.15, -0.1) is 10.2 Å². The van der Waals surface area contributed by atoms with Crippen LogP contribution in [0.25, 0.3) is 22.8 Å². The molecule has 2 N–H and O–H groups in total. The van der Waals surface area contributed by atoms with Gasteiger partial charge < -0.3 is 10.3 Å². The second kappa shape index (κ2) is 4.60. The molecule has 0 saturated heterocycles. The van der Waals surface area contributed by atoms with Gasteiger partial charge in [0.05, 0.1) is 0 Å². The van der Waals surface area contributed by atoms with Gasteiger partial charge in [-0.3, -0.25) is 0 Å². The summed E-state index contributed by atoms with van der Waals surface area (Å²) in [6.07, 6.45) is 0.960. The molecular weight excluding hydrogens is 284 g/mol. The number of rotatable bonds is 1. The van der Waals surface area contributed by atoms with Crippen molar-refractivity contribution in [2.24, 2.45) is 0 Å². The number of hydrogen-bond donors (Lipinski definition) is 1. The Morgan fingerprint density at radius 2 is 1.76 bits per heavy atom. The Bertz CT molecular complexity index is 821. The minimum absolute atomic E-state index is 0.718. The van der Waals surface area contributed by atoms with Crippen LogP contribution < -0.4 is 5.73 Å². The summed E-state index contributed by atoms with van der Waals surface area (Å²) in [6, 6.07) is 13.7. The van der Waals surface area contributed by atoms with Crippen LogP contribution in [0.5, 0.6) is 0 Å². The zero-order valence-corrected chi connectivity index (χ0v) is 12.0. The van der Waals surface area contributed by atoms with E-state index >= 15 is 0 Å². The van der Waals surface area contributed by atoms with E-state index in [1.54, 1.807) is 0 Å². The van der Waals surface area contributed by atoms with Gasteiger partial charge in [0.15, 0.2) is 11.6 Å². The fraction of sp³-hybridized carbons (Fsp3) is 0.125. The molecule has 2 heterocycles. The summed E-state index contributed by atoms with van der Waals surface area (Å²) in [5.41, 5.74) is 10.0. The first-order valence-electron chi connectivity index (χ1n) is 6.80. The summed E-state index contributed by atoms with van der Waals surface area (Å²) in [5, 5.41) is 9.44. The predicted octanol–water partition coefficient (Wildman–Crippen LogP) is 3.40. The number of hydrogen-bond acceptors (Lipinski definition) is 3. The van der Waals surface area contributed by atoms with Crippen LogP contribution in [-0.2, 0) is 13.0 Å². The molecule has 0 atom stereocenters. The van der Waals surface area contributed by atoms with Gasteiger partial charge in [0, 0.05) is 28.4 Å². The van der Waals surface area contributed by atoms with E-state index in [1.165, 1.54) is 5.56 Å². The Hall–Kier alpha value is -2.33. The Morgan fingerprint density at radius 1 is 1.00 bits per heavy atom. The molecule has 0 fully saturated rings. The van der Waals surface area contributed by atoms with Crippen molar-refractivity contribution in [3.8, 4) is 22.8 Å². The van der Waals surface area contributed by atoms with Crippen molar-refractivity contribution >= 4 is 17.3 Å². The van der Waals surface area contributed by atoms with Crippen molar-refractivity contribution in [1.82, 2.24) is 14.8 Å². The molecule has 0 bridgehead atoms. The number of nitrogen functional groups attached to an aromatic ring is 1. The maximum absolute atomic E-state index is 5.94. The Morgan fingerprint density at radius 3 is 2.57 bits per heavy atom. The first-order chi connectivity index (χ1) is 10.2. The highest BCUT2D eigenvalue weighted by molar-refractivity contribution is 6.30. The molecule has 1 aromatic heterocycles. The molecule has 21 heavy (non-hydrogen) atoms. The molecule has 104 valence electrons. The Balaban J connectivity index is 1.87. The molecule has 1 aliphatic heterocycles. The smallest absolute Gasteiger partial charge is 0.164 e. The minimum atomic E-state index is 0.718. The topological polar surface area (TPSA) is 56.7 Å². The van der Waals surface area contributed by atoms with Gasteiger partial charge in [-0.05, 0) is 48.4 Å². The number of halogens is 1. The lowest BCUT2D eigenvalue weighted by molar-refractivity contribution is 0.688. The summed E-state index contributed by atoms with van der Waals surface area (Å²) >= 11 is 5.94. The summed E-state index contributed by atoms with van der Waals surface area (Å²) in [4.78, 5) is 0. The van der Waals surface area contributed by atoms with Crippen molar-refractivity contribution in [2.75, 3.05) is 5.73 Å². The standard InChI is InChI=1S/C16H13ClN4/c17-12-4-1-11(2-5-12)15-19-20-16-14-9-13(18)6-3-10(14)7-8-21(15)16/h1-6,9H,7-8,18H2. The second-order valence-corrected chi connectivity index (χ2v) is 5.61. The average molecular weight is 297 g/mol. The molecule has 0 saturated carbocycles. The molecule has 3 aromatic rings. The second-order valence-electron chi connectivity index (χ2n) is 5.17. The summed E-state index contributed by atoms with van der Waals surface area (Å²) in [5.74, 6) is 1.75. The van der Waals surface area contributed by atoms with Crippen LogP contribution in [0.3, 0.4) is 0 Å². The number of nitrogens with zero attached hydrogens (tertiary/aromatic N) is 3. The fourth-order valence-electron chi connectivity index (χ4n) is 2.78. The highest BCUT2D eigenvalue weighted by Gasteiger charge is 2.22. The third-order valence-corrected chi connectivity index (χ3v) is 4.08. The molecule has 0 amide bonds. The van der Waals surface area contributed by atoms with Crippen LogP contribution in [-0.4, -0.2) is 14.8 Å². The van der Waals surface area contributed by atoms with Crippen LogP contribution >= 0.6 is 11.6 Å². The van der Waals surface area contributed by atoms with Crippen molar-refractivity contribution in [3.05, 3.63) is 53.1 Å². The molecular formula is C16H13ClN4. The van der Waals surface area contributed by atoms with E-state index in [2.05, 4.69) is 20.8 Å². The summed E-state index contributed by atoms with van der Waals surface area (Å²) in [6.45, 7) is 0.872. The van der Waals surface area contributed by atoms with E-state index in [1.807, 2.05) is 36.4 Å². The maximum Gasteiger partial charge on any atom is 0.164 e. The first kappa shape index (κ1) is 12.4. The van der Waals surface area contributed by atoms with Crippen LogP contribution in [0.4, 0.5) is 5.69 Å². The lowest BCUT2D eigenvalue weighted by Crippen LogP contribution is -2.12. The van der Waals surface area contributed by atoms with E-state index in [0.717, 1.165) is 46.5 Å². The monoisotopic (exact) mass is 296 g/mol. The number of anilines is 1. The number of nitrogens with two attached hydrogens (primary N) is 1. The molecule has 2 aromatic carbocycles. The third kappa shape index (κ3) is 1.99. The third-order valence-electron chi connectivity index (χ3n) is 3.83. The molecule has 0 spiro atoms. The molecule has 4 nitrogen and oxygen atoms in total. The van der Waals surface area contributed by atoms with E-state index in [-0.39, 0.29) is 0 Å². The van der Waals surface area contributed by atoms with Gasteiger partial charge in [0.25, 0.3) is 0 Å². The average Bonchev–Trinajstić information content (AvgIpc) is 2.92. The largest absolute Gasteiger partial charge is 0.399 e. The molecule has 0 radical (unpaired) electrons.